The molecule has 0 bridgehead atoms. The molecule has 0 radical (unpaired) electrons. The summed E-state index contributed by atoms with van der Waals surface area (Å²) < 4.78 is 61.9. The van der Waals surface area contributed by atoms with Crippen LogP contribution >= 0.6 is 0 Å². The van der Waals surface area contributed by atoms with E-state index in [1.807, 2.05) is 11.8 Å². The van der Waals surface area contributed by atoms with E-state index in [-0.39, 0.29) is 45.7 Å². The summed E-state index contributed by atoms with van der Waals surface area (Å²) in [6.07, 6.45) is 7.45. The maximum absolute atomic E-state index is 16.8. The molecule has 3 N–H and O–H groups in total. The molecule has 1 atom stereocenters. The molecule has 3 fully saturated rings. The van der Waals surface area contributed by atoms with Crippen LogP contribution in [-0.2, 0) is 16.4 Å². The van der Waals surface area contributed by atoms with E-state index in [0.717, 1.165) is 38.8 Å². The van der Waals surface area contributed by atoms with Gasteiger partial charge in [-0.25, -0.2) is 22.3 Å². The predicted molar refractivity (Wildman–Crippen MR) is 172 cm³/mol. The number of halogens is 2. The van der Waals surface area contributed by atoms with Gasteiger partial charge in [0.25, 0.3) is 0 Å². The zero-order chi connectivity index (χ0) is 32.2. The van der Waals surface area contributed by atoms with Gasteiger partial charge in [0.1, 0.15) is 35.2 Å². The first-order valence-corrected chi connectivity index (χ1v) is 17.7. The molecule has 0 aliphatic carbocycles. The molecule has 3 saturated heterocycles. The van der Waals surface area contributed by atoms with E-state index >= 15 is 4.39 Å². The summed E-state index contributed by atoms with van der Waals surface area (Å²) in [7, 11) is -3.69. The minimum atomic E-state index is -3.69. The van der Waals surface area contributed by atoms with Crippen molar-refractivity contribution in [3.8, 4) is 23.0 Å². The number of aromatic hydroxyl groups is 1. The van der Waals surface area contributed by atoms with Gasteiger partial charge in [-0.2, -0.15) is 9.97 Å². The number of phenols is 1. The van der Waals surface area contributed by atoms with Crippen molar-refractivity contribution in [1.29, 1.82) is 0 Å². The van der Waals surface area contributed by atoms with Crippen LogP contribution in [0, 0.1) is 17.6 Å². The van der Waals surface area contributed by atoms with Crippen molar-refractivity contribution in [2.75, 3.05) is 43.4 Å². The average Bonchev–Trinajstić information content (AvgIpc) is 3.60. The Kier molecular flexibility index (Phi) is 7.97. The van der Waals surface area contributed by atoms with Crippen LogP contribution in [0.5, 0.6) is 11.8 Å². The smallest absolute Gasteiger partial charge is 0.319 e. The molecule has 3 aliphatic heterocycles. The third-order valence-electron chi connectivity index (χ3n) is 9.97. The van der Waals surface area contributed by atoms with Crippen LogP contribution in [0.3, 0.4) is 0 Å². The van der Waals surface area contributed by atoms with Crippen molar-refractivity contribution in [2.24, 2.45) is 11.1 Å². The summed E-state index contributed by atoms with van der Waals surface area (Å²) >= 11 is 0. The van der Waals surface area contributed by atoms with E-state index in [0.29, 0.717) is 66.5 Å². The lowest BCUT2D eigenvalue weighted by atomic mass is 9.94. The van der Waals surface area contributed by atoms with E-state index in [4.69, 9.17) is 14.9 Å². The van der Waals surface area contributed by atoms with Crippen LogP contribution in [0.15, 0.2) is 30.5 Å². The van der Waals surface area contributed by atoms with Crippen LogP contribution in [0.4, 0.5) is 14.6 Å². The Balaban J connectivity index is 1.36. The number of phenolic OH excluding ortho intramolecular Hbond substituents is 1. The van der Waals surface area contributed by atoms with Crippen molar-refractivity contribution < 1.29 is 27.0 Å². The van der Waals surface area contributed by atoms with Crippen LogP contribution in [-0.4, -0.2) is 77.5 Å². The highest BCUT2D eigenvalue weighted by atomic mass is 32.2. The standard InChI is InChI=1S/C33H38F2N6O4S/c1-2-23-26(34)8-7-21-14-22(42)15-24(27(21)23)29-28(35)30-25(16-37-29)31(40-11-3-6-20(17-40)18-46(36,43)44)39-32(38-30)45-19-33-9-4-12-41(33)13-5-10-33/h7-8,14-16,20,42H,2-6,9-13,17-19H2,1H3,(H2,36,43,44). The van der Waals surface area contributed by atoms with E-state index in [1.54, 1.807) is 6.07 Å². The maximum atomic E-state index is 16.8. The maximum Gasteiger partial charge on any atom is 0.319 e. The highest BCUT2D eigenvalue weighted by Crippen LogP contribution is 2.41. The van der Waals surface area contributed by atoms with Crippen LogP contribution in [0.2, 0.25) is 0 Å². The second-order valence-corrected chi connectivity index (χ2v) is 14.6. The second-order valence-electron chi connectivity index (χ2n) is 13.0. The molecule has 46 heavy (non-hydrogen) atoms. The number of aromatic nitrogens is 3. The van der Waals surface area contributed by atoms with Gasteiger partial charge < -0.3 is 14.7 Å². The van der Waals surface area contributed by atoms with Gasteiger partial charge in [-0.05, 0) is 98.5 Å². The number of anilines is 1. The predicted octanol–water partition coefficient (Wildman–Crippen LogP) is 4.90. The summed E-state index contributed by atoms with van der Waals surface area (Å²) in [5.74, 6) is -1.24. The molecule has 244 valence electrons. The summed E-state index contributed by atoms with van der Waals surface area (Å²) in [6, 6.07) is 5.84. The molecule has 4 aromatic rings. The number of rotatable bonds is 8. The lowest BCUT2D eigenvalue weighted by molar-refractivity contribution is 0.108. The normalized spacial score (nSPS) is 20.1. The number of hydrogen-bond acceptors (Lipinski definition) is 9. The number of nitrogens with zero attached hydrogens (tertiary/aromatic N) is 5. The Morgan fingerprint density at radius 2 is 1.89 bits per heavy atom. The van der Waals surface area contributed by atoms with Gasteiger partial charge in [0.2, 0.25) is 10.0 Å². The number of fused-ring (bicyclic) bond motifs is 3. The van der Waals surface area contributed by atoms with Gasteiger partial charge in [0, 0.05) is 24.8 Å². The largest absolute Gasteiger partial charge is 0.508 e. The van der Waals surface area contributed by atoms with Crippen molar-refractivity contribution in [3.05, 3.63) is 47.7 Å². The Morgan fingerprint density at radius 3 is 2.63 bits per heavy atom. The molecular formula is C33H38F2N6O4S. The zero-order valence-electron chi connectivity index (χ0n) is 25.8. The number of ether oxygens (including phenoxy) is 1. The van der Waals surface area contributed by atoms with Crippen LogP contribution < -0.4 is 14.8 Å². The minimum absolute atomic E-state index is 0.0169. The summed E-state index contributed by atoms with van der Waals surface area (Å²) in [5.41, 5.74) is 0.467. The SMILES string of the molecule is CCc1c(F)ccc2cc(O)cc(-c3ncc4c(N5CCCC(CS(N)(=O)=O)C5)nc(OCC56CCCN5CCC6)nc4c3F)c12. The minimum Gasteiger partial charge on any atom is -0.508 e. The van der Waals surface area contributed by atoms with Gasteiger partial charge in [0.15, 0.2) is 5.82 Å². The molecule has 7 rings (SSSR count). The first-order chi connectivity index (χ1) is 22.0. The quantitative estimate of drug-likeness (QED) is 0.273. The van der Waals surface area contributed by atoms with Crippen LogP contribution in [0.25, 0.3) is 32.9 Å². The number of pyridine rings is 1. The molecule has 13 heteroatoms. The first kappa shape index (κ1) is 30.9. The third-order valence-corrected chi connectivity index (χ3v) is 10.9. The van der Waals surface area contributed by atoms with E-state index < -0.39 is 21.7 Å². The van der Waals surface area contributed by atoms with Crippen molar-refractivity contribution in [1.82, 2.24) is 19.9 Å². The Hall–Kier alpha value is -3.68. The number of hydrogen-bond donors (Lipinski definition) is 2. The summed E-state index contributed by atoms with van der Waals surface area (Å²) in [6.45, 7) is 5.17. The highest BCUT2D eigenvalue weighted by Gasteiger charge is 2.45. The summed E-state index contributed by atoms with van der Waals surface area (Å²) in [4.78, 5) is 18.3. The van der Waals surface area contributed by atoms with Gasteiger partial charge in [-0.15, -0.1) is 0 Å². The van der Waals surface area contributed by atoms with Crippen LogP contribution in [0.1, 0.15) is 51.0 Å². The molecule has 0 amide bonds. The third kappa shape index (κ3) is 5.62. The molecule has 5 heterocycles. The average molecular weight is 653 g/mol. The number of nitrogens with two attached hydrogens (primary N) is 1. The highest BCUT2D eigenvalue weighted by molar-refractivity contribution is 7.89. The molecule has 10 nitrogen and oxygen atoms in total. The van der Waals surface area contributed by atoms with Gasteiger partial charge in [-0.3, -0.25) is 9.88 Å². The number of benzene rings is 2. The zero-order valence-corrected chi connectivity index (χ0v) is 26.6. The van der Waals surface area contributed by atoms with Gasteiger partial charge in [-0.1, -0.05) is 13.0 Å². The first-order valence-electron chi connectivity index (χ1n) is 16.0. The molecule has 0 saturated carbocycles. The fraction of sp³-hybridized carbons (Fsp3) is 0.485. The van der Waals surface area contributed by atoms with Crippen molar-refractivity contribution in [3.63, 3.8) is 0 Å². The summed E-state index contributed by atoms with van der Waals surface area (Å²) in [5, 5.41) is 17.3. The lowest BCUT2D eigenvalue weighted by Gasteiger charge is -2.34. The fourth-order valence-electron chi connectivity index (χ4n) is 7.93. The Morgan fingerprint density at radius 1 is 1.11 bits per heavy atom. The van der Waals surface area contributed by atoms with Crippen molar-refractivity contribution >= 4 is 37.5 Å². The number of piperidine rings is 1. The lowest BCUT2D eigenvalue weighted by Crippen LogP contribution is -2.43. The second kappa shape index (κ2) is 11.8. The van der Waals surface area contributed by atoms with Gasteiger partial charge in [0.05, 0.1) is 16.7 Å². The Labute approximate surface area is 266 Å². The molecular weight excluding hydrogens is 614 g/mol. The van der Waals surface area contributed by atoms with E-state index in [2.05, 4.69) is 14.9 Å². The fourth-order valence-corrected chi connectivity index (χ4v) is 8.86. The number of aryl methyl sites for hydroxylation is 1. The molecule has 3 aliphatic rings. The molecule has 1 unspecified atom stereocenters. The topological polar surface area (TPSA) is 135 Å². The molecule has 2 aromatic carbocycles. The monoisotopic (exact) mass is 652 g/mol. The molecule has 2 aromatic heterocycles. The molecule has 0 spiro atoms. The van der Waals surface area contributed by atoms with Crippen molar-refractivity contribution in [2.45, 2.75) is 57.4 Å². The number of sulfonamides is 1. The number of primary sulfonamides is 1. The Bertz CT molecular complexity index is 1930. The van der Waals surface area contributed by atoms with E-state index in [9.17, 15) is 17.9 Å². The van der Waals surface area contributed by atoms with E-state index in [1.165, 1.54) is 24.4 Å². The van der Waals surface area contributed by atoms with Gasteiger partial charge >= 0.3 is 6.01 Å².